The minimum atomic E-state index is -3.88. The molecule has 1 aromatic heterocycles. The Morgan fingerprint density at radius 1 is 1.00 bits per heavy atom. The molecule has 136 valence electrons. The summed E-state index contributed by atoms with van der Waals surface area (Å²) in [5.74, 6) is -0.639. The summed E-state index contributed by atoms with van der Waals surface area (Å²) in [7, 11) is -7.63. The fourth-order valence-electron chi connectivity index (χ4n) is 2.65. The smallest absolute Gasteiger partial charge is 0.260 e. The van der Waals surface area contributed by atoms with Crippen LogP contribution in [0.2, 0.25) is 0 Å². The summed E-state index contributed by atoms with van der Waals surface area (Å²) >= 11 is 0. The zero-order valence-electron chi connectivity index (χ0n) is 13.2. The van der Waals surface area contributed by atoms with Gasteiger partial charge in [-0.15, -0.1) is 0 Å². The summed E-state index contributed by atoms with van der Waals surface area (Å²) in [6, 6.07) is 4.77. The van der Waals surface area contributed by atoms with Crippen molar-refractivity contribution in [1.29, 1.82) is 0 Å². The van der Waals surface area contributed by atoms with E-state index < -0.39 is 25.9 Å². The monoisotopic (exact) mass is 388 g/mol. The Balaban J connectivity index is 1.80. The first kappa shape index (κ1) is 18.0. The molecule has 1 fully saturated rings. The number of benzene rings is 1. The molecule has 1 saturated heterocycles. The van der Waals surface area contributed by atoms with E-state index in [1.54, 1.807) is 0 Å². The highest BCUT2D eigenvalue weighted by Gasteiger charge is 2.32. The van der Waals surface area contributed by atoms with Crippen molar-refractivity contribution in [1.82, 2.24) is 18.6 Å². The molecule has 1 aliphatic rings. The maximum atomic E-state index is 13.3. The Morgan fingerprint density at radius 2 is 1.68 bits per heavy atom. The summed E-state index contributed by atoms with van der Waals surface area (Å²) in [6.07, 6.45) is 2.81. The van der Waals surface area contributed by atoms with Gasteiger partial charge in [-0.2, -0.15) is 8.61 Å². The van der Waals surface area contributed by atoms with Crippen LogP contribution in [0.5, 0.6) is 0 Å². The molecular formula is C14H17FN4O4S2. The van der Waals surface area contributed by atoms with Crippen LogP contribution >= 0.6 is 0 Å². The molecule has 8 nitrogen and oxygen atoms in total. The Morgan fingerprint density at radius 3 is 2.28 bits per heavy atom. The van der Waals surface area contributed by atoms with E-state index >= 15 is 0 Å². The summed E-state index contributed by atoms with van der Waals surface area (Å²) in [6.45, 7) is 0.354. The minimum absolute atomic E-state index is 0.00772. The van der Waals surface area contributed by atoms with Crippen molar-refractivity contribution in [2.75, 3.05) is 26.2 Å². The Bertz CT molecular complexity index is 945. The highest BCUT2D eigenvalue weighted by Crippen LogP contribution is 2.21. The van der Waals surface area contributed by atoms with E-state index in [1.807, 2.05) is 0 Å². The van der Waals surface area contributed by atoms with Gasteiger partial charge in [0.1, 0.15) is 5.82 Å². The average Bonchev–Trinajstić information content (AvgIpc) is 2.99. The lowest BCUT2D eigenvalue weighted by molar-refractivity contribution is 0.403. The number of hydrogen-bond acceptors (Lipinski definition) is 5. The molecule has 1 aliphatic heterocycles. The van der Waals surface area contributed by atoms with E-state index in [9.17, 15) is 21.2 Å². The molecule has 0 saturated carbocycles. The third-order valence-corrected chi connectivity index (χ3v) is 7.66. The van der Waals surface area contributed by atoms with Crippen LogP contribution in [0.3, 0.4) is 0 Å². The molecule has 3 rings (SSSR count). The number of hydrogen-bond donors (Lipinski definition) is 1. The van der Waals surface area contributed by atoms with Crippen molar-refractivity contribution in [2.45, 2.75) is 16.3 Å². The first-order valence-corrected chi connectivity index (χ1v) is 10.4. The molecule has 0 spiro atoms. The number of imidazole rings is 1. The first-order chi connectivity index (χ1) is 11.8. The lowest BCUT2D eigenvalue weighted by atomic mass is 10.4. The quantitative estimate of drug-likeness (QED) is 0.828. The lowest BCUT2D eigenvalue weighted by Gasteiger charge is -2.21. The predicted molar refractivity (Wildman–Crippen MR) is 87.1 cm³/mol. The van der Waals surface area contributed by atoms with Gasteiger partial charge in [0.15, 0.2) is 5.03 Å². The summed E-state index contributed by atoms with van der Waals surface area (Å²) in [5.41, 5.74) is 0. The second kappa shape index (κ2) is 6.83. The number of H-pyrrole nitrogens is 1. The second-order valence-electron chi connectivity index (χ2n) is 5.53. The van der Waals surface area contributed by atoms with Gasteiger partial charge < -0.3 is 4.98 Å². The fourth-order valence-corrected chi connectivity index (χ4v) is 5.52. The highest BCUT2D eigenvalue weighted by molar-refractivity contribution is 7.89. The fraction of sp³-hybridized carbons (Fsp3) is 0.357. The van der Waals surface area contributed by atoms with Crippen LogP contribution in [-0.2, 0) is 20.0 Å². The van der Waals surface area contributed by atoms with Crippen molar-refractivity contribution in [3.8, 4) is 0 Å². The van der Waals surface area contributed by atoms with E-state index in [0.717, 1.165) is 6.07 Å². The zero-order chi connectivity index (χ0) is 18.1. The number of aromatic amines is 1. The SMILES string of the molecule is O=S(=O)(c1cccc(F)c1)N1CCCN(S(=O)(=O)c2cnc[nH]2)CC1. The summed E-state index contributed by atoms with van der Waals surface area (Å²) in [4.78, 5) is 6.12. The average molecular weight is 388 g/mol. The minimum Gasteiger partial charge on any atom is -0.335 e. The number of sulfonamides is 2. The molecule has 1 N–H and O–H groups in total. The molecule has 0 radical (unpaired) electrons. The van der Waals surface area contributed by atoms with Crippen LogP contribution in [0.4, 0.5) is 4.39 Å². The Kier molecular flexibility index (Phi) is 4.91. The molecule has 0 atom stereocenters. The van der Waals surface area contributed by atoms with E-state index in [-0.39, 0.29) is 36.1 Å². The number of nitrogens with one attached hydrogen (secondary N) is 1. The maximum Gasteiger partial charge on any atom is 0.260 e. The van der Waals surface area contributed by atoms with Crippen molar-refractivity contribution in [3.05, 3.63) is 42.6 Å². The molecule has 11 heteroatoms. The molecule has 1 aromatic carbocycles. The van der Waals surface area contributed by atoms with Gasteiger partial charge in [-0.1, -0.05) is 6.07 Å². The van der Waals surface area contributed by atoms with Gasteiger partial charge in [-0.05, 0) is 24.6 Å². The lowest BCUT2D eigenvalue weighted by Crippen LogP contribution is -2.37. The van der Waals surface area contributed by atoms with Gasteiger partial charge >= 0.3 is 0 Å². The number of aromatic nitrogens is 2. The standard InChI is InChI=1S/C14H17FN4O4S2/c15-12-3-1-4-13(9-12)24(20,21)18-5-2-6-19(8-7-18)25(22,23)14-10-16-11-17-14/h1,3-4,9-11H,2,5-8H2,(H,16,17). The van der Waals surface area contributed by atoms with Crippen molar-refractivity contribution < 1.29 is 21.2 Å². The van der Waals surface area contributed by atoms with Gasteiger partial charge in [0.05, 0.1) is 17.4 Å². The second-order valence-corrected chi connectivity index (χ2v) is 9.38. The number of rotatable bonds is 4. The number of halogens is 1. The van der Waals surface area contributed by atoms with Gasteiger partial charge in [0, 0.05) is 26.2 Å². The van der Waals surface area contributed by atoms with Crippen LogP contribution in [0.1, 0.15) is 6.42 Å². The van der Waals surface area contributed by atoms with E-state index in [1.165, 1.54) is 39.3 Å². The predicted octanol–water partition coefficient (Wildman–Crippen LogP) is 0.634. The summed E-state index contributed by atoms with van der Waals surface area (Å²) < 4.78 is 66.1. The largest absolute Gasteiger partial charge is 0.335 e. The van der Waals surface area contributed by atoms with Crippen molar-refractivity contribution in [2.24, 2.45) is 0 Å². The van der Waals surface area contributed by atoms with Crippen molar-refractivity contribution >= 4 is 20.0 Å². The topological polar surface area (TPSA) is 103 Å². The van der Waals surface area contributed by atoms with Crippen molar-refractivity contribution in [3.63, 3.8) is 0 Å². The maximum absolute atomic E-state index is 13.3. The molecule has 0 bridgehead atoms. The van der Waals surface area contributed by atoms with Gasteiger partial charge in [0.25, 0.3) is 10.0 Å². The summed E-state index contributed by atoms with van der Waals surface area (Å²) in [5, 5.41) is -0.0334. The molecule has 25 heavy (non-hydrogen) atoms. The molecule has 2 aromatic rings. The highest BCUT2D eigenvalue weighted by atomic mass is 32.2. The van der Waals surface area contributed by atoms with Crippen LogP contribution in [0.25, 0.3) is 0 Å². The van der Waals surface area contributed by atoms with E-state index in [4.69, 9.17) is 0 Å². The molecule has 2 heterocycles. The van der Waals surface area contributed by atoms with E-state index in [0.29, 0.717) is 6.42 Å². The first-order valence-electron chi connectivity index (χ1n) is 7.56. The molecular weight excluding hydrogens is 371 g/mol. The molecule has 0 unspecified atom stereocenters. The normalized spacial score (nSPS) is 18.1. The van der Waals surface area contributed by atoms with Crippen LogP contribution in [0, 0.1) is 5.82 Å². The molecule has 0 aliphatic carbocycles. The third kappa shape index (κ3) is 3.59. The Hall–Kier alpha value is -1.82. The van der Waals surface area contributed by atoms with Crippen LogP contribution in [-0.4, -0.2) is 61.6 Å². The van der Waals surface area contributed by atoms with Gasteiger partial charge in [-0.3, -0.25) is 0 Å². The van der Waals surface area contributed by atoms with Gasteiger partial charge in [0.2, 0.25) is 10.0 Å². The van der Waals surface area contributed by atoms with E-state index in [2.05, 4.69) is 9.97 Å². The van der Waals surface area contributed by atoms with Gasteiger partial charge in [-0.25, -0.2) is 26.2 Å². The Labute approximate surface area is 145 Å². The van der Waals surface area contributed by atoms with Crippen LogP contribution in [0.15, 0.2) is 46.7 Å². The zero-order valence-corrected chi connectivity index (χ0v) is 14.8. The van der Waals surface area contributed by atoms with Crippen LogP contribution < -0.4 is 0 Å². The number of nitrogens with zero attached hydrogens (tertiary/aromatic N) is 3. The molecule has 0 amide bonds. The third-order valence-electron chi connectivity index (χ3n) is 3.94.